The average Bonchev–Trinajstić information content (AvgIpc) is 2.95. The maximum absolute atomic E-state index is 5.42. The highest BCUT2D eigenvalue weighted by Gasteiger charge is 2.04. The van der Waals surface area contributed by atoms with Gasteiger partial charge in [-0.1, -0.05) is 36.0 Å². The van der Waals surface area contributed by atoms with E-state index in [0.717, 1.165) is 42.8 Å². The lowest BCUT2D eigenvalue weighted by molar-refractivity contribution is 0.0981. The summed E-state index contributed by atoms with van der Waals surface area (Å²) < 4.78 is 5.42. The molecule has 0 bridgehead atoms. The minimum atomic E-state index is 0.291. The molecule has 0 aliphatic heterocycles. The Morgan fingerprint density at radius 2 is 2.17 bits per heavy atom. The van der Waals surface area contributed by atoms with E-state index in [4.69, 9.17) is 4.74 Å². The van der Waals surface area contributed by atoms with E-state index in [1.54, 1.807) is 18.4 Å². The average molecular weight is 332 g/mol. The van der Waals surface area contributed by atoms with Crippen LogP contribution in [0.5, 0.6) is 0 Å². The summed E-state index contributed by atoms with van der Waals surface area (Å²) in [7, 11) is 1.77. The number of methoxy groups -OCH3 is 1. The highest BCUT2D eigenvalue weighted by atomic mass is 32.1. The zero-order valence-electron chi connectivity index (χ0n) is 14.6. The standard InChI is InChI=1S/C20H29NOS/c1-5-11-20(22-4)15-14-17(2)12-9-7-6-8-10-13-19-16-23-18(3)21-19/h5,7,9-10,12-13,16,20H,1,6,8,11,14-15H2,2-4H3/b9-7+,13-10-,17-12+. The van der Waals surface area contributed by atoms with Gasteiger partial charge >= 0.3 is 0 Å². The molecule has 3 heteroatoms. The molecule has 0 radical (unpaired) electrons. The van der Waals surface area contributed by atoms with Gasteiger partial charge in [-0.3, -0.25) is 0 Å². The number of allylic oxidation sites excluding steroid dienone is 5. The van der Waals surface area contributed by atoms with Crippen LogP contribution in [-0.4, -0.2) is 18.2 Å². The minimum absolute atomic E-state index is 0.291. The number of aryl methyl sites for hydroxylation is 1. The monoisotopic (exact) mass is 331 g/mol. The molecule has 126 valence electrons. The van der Waals surface area contributed by atoms with Crippen LogP contribution in [0.4, 0.5) is 0 Å². The molecule has 1 aromatic heterocycles. The molecule has 0 saturated heterocycles. The van der Waals surface area contributed by atoms with Gasteiger partial charge in [0.25, 0.3) is 0 Å². The predicted molar refractivity (Wildman–Crippen MR) is 103 cm³/mol. The Kier molecular flexibility index (Phi) is 10.3. The fourth-order valence-corrected chi connectivity index (χ4v) is 2.75. The van der Waals surface area contributed by atoms with Crippen LogP contribution in [0.1, 0.15) is 49.7 Å². The van der Waals surface area contributed by atoms with Crippen molar-refractivity contribution in [1.29, 1.82) is 0 Å². The lowest BCUT2D eigenvalue weighted by Crippen LogP contribution is -2.08. The molecule has 0 fully saturated rings. The molecular weight excluding hydrogens is 302 g/mol. The van der Waals surface area contributed by atoms with E-state index in [-0.39, 0.29) is 0 Å². The van der Waals surface area contributed by atoms with Crippen LogP contribution < -0.4 is 0 Å². The van der Waals surface area contributed by atoms with Gasteiger partial charge in [0.1, 0.15) is 0 Å². The van der Waals surface area contributed by atoms with Crippen LogP contribution in [0.25, 0.3) is 6.08 Å². The summed E-state index contributed by atoms with van der Waals surface area (Å²) in [6, 6.07) is 0. The van der Waals surface area contributed by atoms with E-state index >= 15 is 0 Å². The quantitative estimate of drug-likeness (QED) is 0.277. The largest absolute Gasteiger partial charge is 0.381 e. The number of ether oxygens (including phenoxy) is 1. The molecule has 0 amide bonds. The van der Waals surface area contributed by atoms with Crippen molar-refractivity contribution in [2.24, 2.45) is 0 Å². The molecule has 1 heterocycles. The highest BCUT2D eigenvalue weighted by Crippen LogP contribution is 2.12. The van der Waals surface area contributed by atoms with Crippen molar-refractivity contribution in [2.45, 2.75) is 52.1 Å². The fourth-order valence-electron chi connectivity index (χ4n) is 2.17. The SMILES string of the molecule is C=CCC(CC/C(C)=C/C=C/CC/C=C\c1csc(C)n1)OC. The minimum Gasteiger partial charge on any atom is -0.381 e. The summed E-state index contributed by atoms with van der Waals surface area (Å²) in [4.78, 5) is 4.41. The van der Waals surface area contributed by atoms with Crippen molar-refractivity contribution < 1.29 is 4.74 Å². The Balaban J connectivity index is 2.20. The number of rotatable bonds is 11. The normalized spacial score (nSPS) is 14.0. The Hall–Kier alpha value is -1.45. The highest BCUT2D eigenvalue weighted by molar-refractivity contribution is 7.09. The van der Waals surface area contributed by atoms with Crippen molar-refractivity contribution in [1.82, 2.24) is 4.98 Å². The van der Waals surface area contributed by atoms with E-state index in [1.165, 1.54) is 5.57 Å². The van der Waals surface area contributed by atoms with Crippen LogP contribution in [0.3, 0.4) is 0 Å². The topological polar surface area (TPSA) is 22.1 Å². The van der Waals surface area contributed by atoms with Gasteiger partial charge in [-0.05, 0) is 52.0 Å². The van der Waals surface area contributed by atoms with E-state index in [1.807, 2.05) is 13.0 Å². The van der Waals surface area contributed by atoms with Gasteiger partial charge in [0.05, 0.1) is 16.8 Å². The molecule has 1 aromatic rings. The summed E-state index contributed by atoms with van der Waals surface area (Å²) in [5.41, 5.74) is 2.46. The summed E-state index contributed by atoms with van der Waals surface area (Å²) in [5.74, 6) is 0. The summed E-state index contributed by atoms with van der Waals surface area (Å²) >= 11 is 1.69. The van der Waals surface area contributed by atoms with E-state index in [2.05, 4.69) is 54.2 Å². The Labute approximate surface area is 145 Å². The Morgan fingerprint density at radius 1 is 1.39 bits per heavy atom. The van der Waals surface area contributed by atoms with Gasteiger partial charge in [0, 0.05) is 12.5 Å². The van der Waals surface area contributed by atoms with Crippen LogP contribution in [0, 0.1) is 6.92 Å². The third-order valence-electron chi connectivity index (χ3n) is 3.57. The summed E-state index contributed by atoms with van der Waals surface area (Å²) in [5, 5.41) is 3.21. The third kappa shape index (κ3) is 9.32. The van der Waals surface area contributed by atoms with Gasteiger partial charge in [0.2, 0.25) is 0 Å². The van der Waals surface area contributed by atoms with Gasteiger partial charge in [-0.25, -0.2) is 4.98 Å². The number of thiazole rings is 1. The molecule has 0 saturated carbocycles. The molecule has 0 aliphatic carbocycles. The maximum atomic E-state index is 5.42. The van der Waals surface area contributed by atoms with Crippen molar-refractivity contribution in [3.8, 4) is 0 Å². The number of aromatic nitrogens is 1. The lowest BCUT2D eigenvalue weighted by atomic mass is 10.1. The van der Waals surface area contributed by atoms with Crippen molar-refractivity contribution in [2.75, 3.05) is 7.11 Å². The Bertz CT molecular complexity index is 540. The first-order valence-corrected chi connectivity index (χ1v) is 9.08. The van der Waals surface area contributed by atoms with Crippen molar-refractivity contribution in [3.05, 3.63) is 58.6 Å². The van der Waals surface area contributed by atoms with Crippen LogP contribution in [0.15, 0.2) is 47.9 Å². The molecule has 0 spiro atoms. The molecule has 1 rings (SSSR count). The number of nitrogens with zero attached hydrogens (tertiary/aromatic N) is 1. The fraction of sp³-hybridized carbons (Fsp3) is 0.450. The van der Waals surface area contributed by atoms with Crippen molar-refractivity contribution >= 4 is 17.4 Å². The van der Waals surface area contributed by atoms with E-state index in [0.29, 0.717) is 6.10 Å². The van der Waals surface area contributed by atoms with Crippen LogP contribution in [0.2, 0.25) is 0 Å². The van der Waals surface area contributed by atoms with Crippen LogP contribution >= 0.6 is 11.3 Å². The number of hydrogen-bond donors (Lipinski definition) is 0. The number of hydrogen-bond acceptors (Lipinski definition) is 3. The second-order valence-corrected chi connectivity index (χ2v) is 6.70. The van der Waals surface area contributed by atoms with E-state index < -0.39 is 0 Å². The molecular formula is C20H29NOS. The second-order valence-electron chi connectivity index (χ2n) is 5.63. The maximum Gasteiger partial charge on any atom is 0.0901 e. The predicted octanol–water partition coefficient (Wildman–Crippen LogP) is 6.12. The molecule has 1 atom stereocenters. The lowest BCUT2D eigenvalue weighted by Gasteiger charge is -2.12. The third-order valence-corrected chi connectivity index (χ3v) is 4.36. The van der Waals surface area contributed by atoms with Gasteiger partial charge in [0.15, 0.2) is 0 Å². The first kappa shape index (κ1) is 19.6. The Morgan fingerprint density at radius 3 is 2.83 bits per heavy atom. The van der Waals surface area contributed by atoms with Crippen molar-refractivity contribution in [3.63, 3.8) is 0 Å². The second kappa shape index (κ2) is 12.0. The first-order valence-electron chi connectivity index (χ1n) is 8.20. The zero-order chi connectivity index (χ0) is 16.9. The number of unbranched alkanes of at least 4 members (excludes halogenated alkanes) is 1. The summed E-state index contributed by atoms with van der Waals surface area (Å²) in [6.07, 6.45) is 18.2. The molecule has 0 N–H and O–H groups in total. The first-order chi connectivity index (χ1) is 11.2. The van der Waals surface area contributed by atoms with Crippen LogP contribution in [-0.2, 0) is 4.74 Å². The smallest absolute Gasteiger partial charge is 0.0901 e. The summed E-state index contributed by atoms with van der Waals surface area (Å²) in [6.45, 7) is 7.98. The van der Waals surface area contributed by atoms with Gasteiger partial charge < -0.3 is 4.74 Å². The molecule has 0 aliphatic rings. The molecule has 23 heavy (non-hydrogen) atoms. The zero-order valence-corrected chi connectivity index (χ0v) is 15.4. The van der Waals surface area contributed by atoms with Gasteiger partial charge in [-0.15, -0.1) is 17.9 Å². The molecule has 1 unspecified atom stereocenters. The molecule has 2 nitrogen and oxygen atoms in total. The molecule has 0 aromatic carbocycles. The van der Waals surface area contributed by atoms with E-state index in [9.17, 15) is 0 Å². The van der Waals surface area contributed by atoms with Gasteiger partial charge in [-0.2, -0.15) is 0 Å².